The lowest BCUT2D eigenvalue weighted by Crippen LogP contribution is -2.51. The maximum Gasteiger partial charge on any atom is 0.326 e. The van der Waals surface area contributed by atoms with E-state index in [9.17, 15) is 24.9 Å². The Hall–Kier alpha value is -2.38. The largest absolute Gasteiger partial charge is 0.512 e. The average Bonchev–Trinajstić information content (AvgIpc) is 3.09. The lowest BCUT2D eigenvalue weighted by Gasteiger charge is -2.45. The fourth-order valence-corrected chi connectivity index (χ4v) is 5.45. The lowest BCUT2D eigenvalue weighted by atomic mass is 9.78. The summed E-state index contributed by atoms with van der Waals surface area (Å²) in [7, 11) is 0. The number of aliphatic hydroxyl groups is 2. The molecule has 2 heterocycles. The molecule has 1 saturated heterocycles. The highest BCUT2D eigenvalue weighted by molar-refractivity contribution is 6.00. The summed E-state index contributed by atoms with van der Waals surface area (Å²) in [5.74, 6) is -1.19. The van der Waals surface area contributed by atoms with Gasteiger partial charge in [-0.05, 0) is 71.3 Å². The van der Waals surface area contributed by atoms with Crippen LogP contribution in [0.2, 0.25) is 0 Å². The first-order chi connectivity index (χ1) is 16.8. The number of aliphatic hydroxyl groups excluding tert-OH is 2. The third-order valence-electron chi connectivity index (χ3n) is 7.68. The molecule has 200 valence electrons. The number of carboxylic acid groups (broad SMARTS) is 1. The van der Waals surface area contributed by atoms with Crippen molar-refractivity contribution in [3.05, 3.63) is 45.8 Å². The number of fused-ring (bicyclic) bond motifs is 2. The molecule has 3 aliphatic rings. The van der Waals surface area contributed by atoms with Crippen molar-refractivity contribution in [2.75, 3.05) is 6.54 Å². The van der Waals surface area contributed by atoms with E-state index in [1.54, 1.807) is 0 Å². The van der Waals surface area contributed by atoms with E-state index in [-0.39, 0.29) is 37.0 Å². The number of hydrogen-bond acceptors (Lipinski definition) is 5. The lowest BCUT2D eigenvalue weighted by molar-refractivity contribution is -0.155. The van der Waals surface area contributed by atoms with Gasteiger partial charge < -0.3 is 25.0 Å². The van der Waals surface area contributed by atoms with Crippen LogP contribution in [0.3, 0.4) is 0 Å². The molecule has 4 unspecified atom stereocenters. The molecule has 3 N–H and O–H groups in total. The zero-order valence-electron chi connectivity index (χ0n) is 22.6. The third kappa shape index (κ3) is 6.12. The van der Waals surface area contributed by atoms with Gasteiger partial charge in [0.2, 0.25) is 0 Å². The molecule has 0 aromatic rings. The van der Waals surface area contributed by atoms with Gasteiger partial charge in [-0.2, -0.15) is 0 Å². The number of hydrogen-bond donors (Lipinski definition) is 3. The van der Waals surface area contributed by atoms with Crippen molar-refractivity contribution in [1.82, 2.24) is 4.90 Å². The molecule has 3 rings (SSSR count). The molecule has 0 aromatic heterocycles. The SMILES string of the molecule is CC(C)=CCC/C(C)=C/CCC1(C)OC2C(=C(O)CC3=C2CN(C(CC(C)C)C(=O)O)C3=O)CC1O. The van der Waals surface area contributed by atoms with Crippen molar-refractivity contribution < 1.29 is 29.6 Å². The number of ether oxygens (including phenoxy) is 1. The summed E-state index contributed by atoms with van der Waals surface area (Å²) in [6, 6.07) is -0.922. The molecular weight excluding hydrogens is 458 g/mol. The first-order valence-corrected chi connectivity index (χ1v) is 13.2. The van der Waals surface area contributed by atoms with E-state index < -0.39 is 29.8 Å². The second-order valence-electron chi connectivity index (χ2n) is 11.5. The smallest absolute Gasteiger partial charge is 0.326 e. The molecular formula is C29H43NO6. The summed E-state index contributed by atoms with van der Waals surface area (Å²) in [5, 5.41) is 31.6. The van der Waals surface area contributed by atoms with Crippen molar-refractivity contribution >= 4 is 11.9 Å². The molecule has 36 heavy (non-hydrogen) atoms. The van der Waals surface area contributed by atoms with Gasteiger partial charge in [-0.3, -0.25) is 4.79 Å². The molecule has 1 amide bonds. The Labute approximate surface area is 215 Å². The van der Waals surface area contributed by atoms with Gasteiger partial charge in [-0.25, -0.2) is 4.79 Å². The monoisotopic (exact) mass is 501 g/mol. The normalized spacial score (nSPS) is 27.4. The highest BCUT2D eigenvalue weighted by atomic mass is 16.5. The van der Waals surface area contributed by atoms with E-state index in [1.165, 1.54) is 16.0 Å². The first-order valence-electron chi connectivity index (χ1n) is 13.2. The Morgan fingerprint density at radius 1 is 1.19 bits per heavy atom. The van der Waals surface area contributed by atoms with Crippen LogP contribution in [0.15, 0.2) is 45.8 Å². The molecule has 4 atom stereocenters. The molecule has 0 radical (unpaired) electrons. The minimum absolute atomic E-state index is 0.0563. The molecule has 0 saturated carbocycles. The van der Waals surface area contributed by atoms with Crippen molar-refractivity contribution in [1.29, 1.82) is 0 Å². The Balaban J connectivity index is 1.76. The van der Waals surface area contributed by atoms with Crippen molar-refractivity contribution in [2.24, 2.45) is 5.92 Å². The van der Waals surface area contributed by atoms with Crippen LogP contribution in [0.5, 0.6) is 0 Å². The molecule has 0 aromatic carbocycles. The summed E-state index contributed by atoms with van der Waals surface area (Å²) in [4.78, 5) is 26.6. The van der Waals surface area contributed by atoms with E-state index in [1.807, 2.05) is 20.8 Å². The van der Waals surface area contributed by atoms with Crippen LogP contribution in [0.1, 0.15) is 86.5 Å². The molecule has 0 bridgehead atoms. The highest BCUT2D eigenvalue weighted by Crippen LogP contribution is 2.46. The number of carboxylic acids is 1. The van der Waals surface area contributed by atoms with Crippen LogP contribution < -0.4 is 0 Å². The Kier molecular flexibility index (Phi) is 8.88. The summed E-state index contributed by atoms with van der Waals surface area (Å²) >= 11 is 0. The fourth-order valence-electron chi connectivity index (χ4n) is 5.45. The first kappa shape index (κ1) is 28.2. The fraction of sp³-hybridized carbons (Fsp3) is 0.655. The predicted octanol–water partition coefficient (Wildman–Crippen LogP) is 5.22. The average molecular weight is 502 g/mol. The zero-order chi connectivity index (χ0) is 26.8. The zero-order valence-corrected chi connectivity index (χ0v) is 22.6. The van der Waals surface area contributed by atoms with Gasteiger partial charge in [-0.15, -0.1) is 0 Å². The van der Waals surface area contributed by atoms with Crippen LogP contribution >= 0.6 is 0 Å². The van der Waals surface area contributed by atoms with Gasteiger partial charge in [0, 0.05) is 30.5 Å². The van der Waals surface area contributed by atoms with Crippen molar-refractivity contribution in [3.63, 3.8) is 0 Å². The van der Waals surface area contributed by atoms with Crippen LogP contribution in [0.25, 0.3) is 0 Å². The van der Waals surface area contributed by atoms with E-state index in [4.69, 9.17) is 4.74 Å². The van der Waals surface area contributed by atoms with Crippen LogP contribution in [0.4, 0.5) is 0 Å². The Morgan fingerprint density at radius 3 is 2.50 bits per heavy atom. The van der Waals surface area contributed by atoms with E-state index >= 15 is 0 Å². The number of amides is 1. The van der Waals surface area contributed by atoms with Crippen LogP contribution in [-0.4, -0.2) is 62.5 Å². The summed E-state index contributed by atoms with van der Waals surface area (Å²) in [6.07, 6.45) is 7.05. The minimum atomic E-state index is -1.02. The summed E-state index contributed by atoms with van der Waals surface area (Å²) in [5.41, 5.74) is 3.53. The number of allylic oxidation sites excluding steroid dienone is 5. The molecule has 0 spiro atoms. The minimum Gasteiger partial charge on any atom is -0.512 e. The van der Waals surface area contributed by atoms with E-state index in [0.29, 0.717) is 24.0 Å². The Morgan fingerprint density at radius 2 is 1.89 bits per heavy atom. The van der Waals surface area contributed by atoms with Gasteiger partial charge in [-0.1, -0.05) is 37.1 Å². The Bertz CT molecular complexity index is 999. The molecule has 7 nitrogen and oxygen atoms in total. The number of aliphatic carboxylic acids is 1. The number of carbonyl (C=O) groups excluding carboxylic acids is 1. The second kappa shape index (κ2) is 11.3. The maximum absolute atomic E-state index is 13.2. The quantitative estimate of drug-likeness (QED) is 0.354. The number of rotatable bonds is 10. The topological polar surface area (TPSA) is 107 Å². The molecule has 7 heteroatoms. The second-order valence-corrected chi connectivity index (χ2v) is 11.5. The van der Waals surface area contributed by atoms with E-state index in [0.717, 1.165) is 24.8 Å². The molecule has 1 fully saturated rings. The highest BCUT2D eigenvalue weighted by Gasteiger charge is 2.50. The number of carbonyl (C=O) groups is 2. The van der Waals surface area contributed by atoms with Gasteiger partial charge in [0.1, 0.15) is 12.1 Å². The van der Waals surface area contributed by atoms with Gasteiger partial charge in [0.15, 0.2) is 0 Å². The van der Waals surface area contributed by atoms with Crippen LogP contribution in [0, 0.1) is 5.92 Å². The van der Waals surface area contributed by atoms with Gasteiger partial charge in [0.05, 0.1) is 17.5 Å². The van der Waals surface area contributed by atoms with Gasteiger partial charge in [0.25, 0.3) is 5.91 Å². The molecule has 2 aliphatic heterocycles. The van der Waals surface area contributed by atoms with Crippen molar-refractivity contribution in [3.8, 4) is 0 Å². The van der Waals surface area contributed by atoms with Gasteiger partial charge >= 0.3 is 5.97 Å². The summed E-state index contributed by atoms with van der Waals surface area (Å²) in [6.45, 7) is 12.2. The summed E-state index contributed by atoms with van der Waals surface area (Å²) < 4.78 is 6.50. The predicted molar refractivity (Wildman–Crippen MR) is 139 cm³/mol. The van der Waals surface area contributed by atoms with Crippen molar-refractivity contribution in [2.45, 2.75) is 110 Å². The maximum atomic E-state index is 13.2. The molecule has 1 aliphatic carbocycles. The van der Waals surface area contributed by atoms with Crippen LogP contribution in [-0.2, 0) is 14.3 Å². The van der Waals surface area contributed by atoms with E-state index in [2.05, 4.69) is 32.9 Å². The standard InChI is InChI=1S/C29H43NO6/c1-17(2)9-7-10-19(5)11-8-12-29(6)25(32)15-21-24(31)14-20-22(26(21)36-29)16-30(27(20)33)23(28(34)35)13-18(3)4/h9,11,18,23,25-26,31-32H,7-8,10,12-16H2,1-6H3,(H,34,35)/b19-11+. The number of nitrogens with zero attached hydrogens (tertiary/aromatic N) is 1. The third-order valence-corrected chi connectivity index (χ3v) is 7.68.